The van der Waals surface area contributed by atoms with Gasteiger partial charge in [0.2, 0.25) is 5.75 Å². The summed E-state index contributed by atoms with van der Waals surface area (Å²) in [6.07, 6.45) is 1.68. The van der Waals surface area contributed by atoms with Crippen molar-refractivity contribution in [3.05, 3.63) is 54.8 Å². The first kappa shape index (κ1) is 17.4. The smallest absolute Gasteiger partial charge is 0.203 e. The van der Waals surface area contributed by atoms with Crippen molar-refractivity contribution in [3.8, 4) is 28.7 Å². The van der Waals surface area contributed by atoms with Crippen LogP contribution in [0.1, 0.15) is 0 Å². The molecule has 0 aliphatic carbocycles. The van der Waals surface area contributed by atoms with Crippen LogP contribution >= 0.6 is 11.8 Å². The molecule has 1 N–H and O–H groups in total. The Labute approximate surface area is 161 Å². The molecule has 0 spiro atoms. The van der Waals surface area contributed by atoms with Crippen LogP contribution in [-0.2, 0) is 0 Å². The van der Waals surface area contributed by atoms with Crippen molar-refractivity contribution in [1.29, 1.82) is 0 Å². The second-order valence-corrected chi connectivity index (χ2v) is 6.90. The van der Waals surface area contributed by atoms with Gasteiger partial charge in [0.25, 0.3) is 0 Å². The average Bonchev–Trinajstić information content (AvgIpc) is 3.35. The largest absolute Gasteiger partial charge is 0.493 e. The number of fused-ring (bicyclic) bond motifs is 1. The molecule has 2 aromatic heterocycles. The van der Waals surface area contributed by atoms with E-state index >= 15 is 0 Å². The lowest BCUT2D eigenvalue weighted by atomic mass is 10.2. The molecular formula is C21H19NO4S. The molecule has 0 amide bonds. The van der Waals surface area contributed by atoms with E-state index in [9.17, 15) is 0 Å². The van der Waals surface area contributed by atoms with E-state index in [2.05, 4.69) is 17.1 Å². The van der Waals surface area contributed by atoms with Crippen LogP contribution in [0.3, 0.4) is 0 Å². The zero-order chi connectivity index (χ0) is 18.8. The van der Waals surface area contributed by atoms with Crippen molar-refractivity contribution < 1.29 is 18.6 Å². The molecule has 2 heterocycles. The predicted molar refractivity (Wildman–Crippen MR) is 106 cm³/mol. The Morgan fingerprint density at radius 3 is 2.26 bits per heavy atom. The number of aromatic amines is 1. The second-order valence-electron chi connectivity index (χ2n) is 5.82. The number of nitrogens with one attached hydrogen (secondary N) is 1. The quantitative estimate of drug-likeness (QED) is 0.471. The summed E-state index contributed by atoms with van der Waals surface area (Å²) in [4.78, 5) is 5.52. The third-order valence-corrected chi connectivity index (χ3v) is 5.38. The first-order valence-electron chi connectivity index (χ1n) is 8.37. The molecule has 27 heavy (non-hydrogen) atoms. The van der Waals surface area contributed by atoms with Gasteiger partial charge in [0, 0.05) is 20.7 Å². The molecule has 0 atom stereocenters. The second kappa shape index (κ2) is 7.32. The van der Waals surface area contributed by atoms with Gasteiger partial charge in [-0.3, -0.25) is 0 Å². The van der Waals surface area contributed by atoms with Crippen LogP contribution < -0.4 is 14.2 Å². The van der Waals surface area contributed by atoms with Gasteiger partial charge in [0.1, 0.15) is 0 Å². The zero-order valence-corrected chi connectivity index (χ0v) is 16.1. The molecule has 2 aromatic carbocycles. The maximum Gasteiger partial charge on any atom is 0.203 e. The Bertz CT molecular complexity index is 1040. The van der Waals surface area contributed by atoms with Crippen LogP contribution in [0.2, 0.25) is 0 Å². The fourth-order valence-electron chi connectivity index (χ4n) is 3.05. The van der Waals surface area contributed by atoms with Crippen molar-refractivity contribution in [2.45, 2.75) is 9.79 Å². The Morgan fingerprint density at radius 1 is 0.889 bits per heavy atom. The number of rotatable bonds is 6. The maximum atomic E-state index is 5.64. The van der Waals surface area contributed by atoms with Crippen LogP contribution in [0, 0.1) is 0 Å². The predicted octanol–water partition coefficient (Wildman–Crippen LogP) is 5.60. The van der Waals surface area contributed by atoms with Gasteiger partial charge in [-0.05, 0) is 30.3 Å². The molecule has 0 saturated heterocycles. The first-order chi connectivity index (χ1) is 13.2. The lowest BCUT2D eigenvalue weighted by Crippen LogP contribution is -1.95. The van der Waals surface area contributed by atoms with Crippen LogP contribution in [0.5, 0.6) is 17.2 Å². The third-order valence-electron chi connectivity index (χ3n) is 4.28. The van der Waals surface area contributed by atoms with E-state index in [4.69, 9.17) is 18.6 Å². The normalized spacial score (nSPS) is 10.9. The molecule has 0 aliphatic heterocycles. The number of methoxy groups -OCH3 is 3. The lowest BCUT2D eigenvalue weighted by Gasteiger charge is -2.14. The fourth-order valence-corrected chi connectivity index (χ4v) is 4.16. The van der Waals surface area contributed by atoms with Gasteiger partial charge < -0.3 is 23.6 Å². The van der Waals surface area contributed by atoms with Gasteiger partial charge in [-0.2, -0.15) is 0 Å². The minimum Gasteiger partial charge on any atom is -0.493 e. The Morgan fingerprint density at radius 2 is 1.63 bits per heavy atom. The molecule has 4 rings (SSSR count). The zero-order valence-electron chi connectivity index (χ0n) is 15.2. The van der Waals surface area contributed by atoms with Crippen LogP contribution in [0.15, 0.2) is 69.0 Å². The minimum atomic E-state index is 0.578. The number of ether oxygens (including phenoxy) is 3. The summed E-state index contributed by atoms with van der Waals surface area (Å²) in [6, 6.07) is 15.9. The number of hydrogen-bond acceptors (Lipinski definition) is 5. The summed E-state index contributed by atoms with van der Waals surface area (Å²) >= 11 is 1.62. The van der Waals surface area contributed by atoms with E-state index < -0.39 is 0 Å². The maximum absolute atomic E-state index is 5.64. The highest BCUT2D eigenvalue weighted by Gasteiger charge is 2.19. The molecule has 0 radical (unpaired) electrons. The van der Waals surface area contributed by atoms with Gasteiger partial charge in [0.15, 0.2) is 17.3 Å². The lowest BCUT2D eigenvalue weighted by molar-refractivity contribution is 0.323. The van der Waals surface area contributed by atoms with Crippen molar-refractivity contribution in [1.82, 2.24) is 4.98 Å². The van der Waals surface area contributed by atoms with Crippen molar-refractivity contribution in [2.75, 3.05) is 21.3 Å². The molecule has 0 unspecified atom stereocenters. The molecule has 4 aromatic rings. The molecule has 5 nitrogen and oxygen atoms in total. The Balaban J connectivity index is 1.85. The summed E-state index contributed by atoms with van der Waals surface area (Å²) in [6.45, 7) is 0. The number of furan rings is 1. The fraction of sp³-hybridized carbons (Fsp3) is 0.143. The van der Waals surface area contributed by atoms with E-state index in [1.165, 1.54) is 0 Å². The molecule has 0 saturated carbocycles. The SMILES string of the molecule is COc1cc(Sc2c(-c3ccco3)[nH]c3ccccc23)cc(OC)c1OC. The summed E-state index contributed by atoms with van der Waals surface area (Å²) in [5.74, 6) is 2.62. The van der Waals surface area contributed by atoms with E-state index in [1.807, 2.05) is 36.4 Å². The average molecular weight is 381 g/mol. The van der Waals surface area contributed by atoms with Gasteiger partial charge in [0.05, 0.1) is 33.3 Å². The number of hydrogen-bond donors (Lipinski definition) is 1. The molecular weight excluding hydrogens is 362 g/mol. The van der Waals surface area contributed by atoms with Crippen LogP contribution in [0.4, 0.5) is 0 Å². The molecule has 0 bridgehead atoms. The van der Waals surface area contributed by atoms with Gasteiger partial charge >= 0.3 is 0 Å². The highest BCUT2D eigenvalue weighted by atomic mass is 32.2. The van der Waals surface area contributed by atoms with Gasteiger partial charge in [-0.1, -0.05) is 30.0 Å². The van der Waals surface area contributed by atoms with E-state index in [0.29, 0.717) is 17.2 Å². The summed E-state index contributed by atoms with van der Waals surface area (Å²) in [7, 11) is 4.83. The first-order valence-corrected chi connectivity index (χ1v) is 9.19. The third kappa shape index (κ3) is 3.13. The molecule has 6 heteroatoms. The van der Waals surface area contributed by atoms with Crippen LogP contribution in [0.25, 0.3) is 22.4 Å². The number of aromatic nitrogens is 1. The standard InChI is InChI=1S/C21H19NO4S/c1-23-17-11-13(12-18(24-2)20(17)25-3)27-21-14-7-4-5-8-15(14)22-19(21)16-9-6-10-26-16/h4-12,22H,1-3H3. The van der Waals surface area contributed by atoms with E-state index in [0.717, 1.165) is 32.1 Å². The molecule has 0 aliphatic rings. The van der Waals surface area contributed by atoms with Gasteiger partial charge in [-0.25, -0.2) is 0 Å². The Hall–Kier alpha value is -2.99. The van der Waals surface area contributed by atoms with Crippen LogP contribution in [-0.4, -0.2) is 26.3 Å². The van der Waals surface area contributed by atoms with Gasteiger partial charge in [-0.15, -0.1) is 0 Å². The monoisotopic (exact) mass is 381 g/mol. The van der Waals surface area contributed by atoms with Crippen molar-refractivity contribution >= 4 is 22.7 Å². The Kier molecular flexibility index (Phi) is 4.73. The summed E-state index contributed by atoms with van der Waals surface area (Å²) < 4.78 is 22.0. The highest BCUT2D eigenvalue weighted by Crippen LogP contribution is 2.46. The summed E-state index contributed by atoms with van der Waals surface area (Å²) in [5, 5.41) is 1.13. The number of para-hydroxylation sites is 1. The van der Waals surface area contributed by atoms with Crippen molar-refractivity contribution in [2.24, 2.45) is 0 Å². The molecule has 0 fully saturated rings. The summed E-state index contributed by atoms with van der Waals surface area (Å²) in [5.41, 5.74) is 2.00. The van der Waals surface area contributed by atoms with E-state index in [1.54, 1.807) is 39.4 Å². The number of H-pyrrole nitrogens is 1. The molecule has 138 valence electrons. The van der Waals surface area contributed by atoms with Crippen molar-refractivity contribution in [3.63, 3.8) is 0 Å². The minimum absolute atomic E-state index is 0.578. The highest BCUT2D eigenvalue weighted by molar-refractivity contribution is 7.99. The number of benzene rings is 2. The topological polar surface area (TPSA) is 56.6 Å². The van der Waals surface area contributed by atoms with E-state index in [-0.39, 0.29) is 0 Å².